The van der Waals surface area contributed by atoms with Crippen LogP contribution in [0.2, 0.25) is 0 Å². The molecule has 23 heavy (non-hydrogen) atoms. The van der Waals surface area contributed by atoms with Crippen LogP contribution in [0.15, 0.2) is 41.4 Å². The molecule has 2 rings (SSSR count). The monoisotopic (exact) mass is 331 g/mol. The smallest absolute Gasteiger partial charge is 0.191 e. The Kier molecular flexibility index (Phi) is 6.94. The lowest BCUT2D eigenvalue weighted by molar-refractivity contribution is 0.409. The molecule has 0 amide bonds. The molecule has 0 radical (unpaired) electrons. The number of benzene rings is 1. The number of thiophene rings is 1. The molecule has 0 saturated heterocycles. The van der Waals surface area contributed by atoms with Gasteiger partial charge < -0.3 is 15.4 Å². The van der Waals surface area contributed by atoms with Gasteiger partial charge in [-0.15, -0.1) is 11.3 Å². The molecule has 5 heteroatoms. The Balaban J connectivity index is 1.89. The van der Waals surface area contributed by atoms with E-state index in [1.165, 1.54) is 15.3 Å². The third-order valence-corrected chi connectivity index (χ3v) is 4.40. The highest BCUT2D eigenvalue weighted by molar-refractivity contribution is 7.11. The Bertz CT molecular complexity index is 637. The van der Waals surface area contributed by atoms with Gasteiger partial charge in [0.05, 0.1) is 13.7 Å². The van der Waals surface area contributed by atoms with Crippen molar-refractivity contribution < 1.29 is 4.74 Å². The van der Waals surface area contributed by atoms with Gasteiger partial charge in [0, 0.05) is 22.8 Å². The molecule has 0 unspecified atom stereocenters. The predicted octanol–water partition coefficient (Wildman–Crippen LogP) is 3.36. The number of para-hydroxylation sites is 1. The molecule has 124 valence electrons. The Labute approximate surface area is 142 Å². The molecule has 0 fully saturated rings. The molecule has 2 N–H and O–H groups in total. The summed E-state index contributed by atoms with van der Waals surface area (Å²) in [7, 11) is 1.71. The van der Waals surface area contributed by atoms with Crippen molar-refractivity contribution in [2.24, 2.45) is 4.99 Å². The minimum Gasteiger partial charge on any atom is -0.496 e. The molecule has 0 aliphatic heterocycles. The Morgan fingerprint density at radius 2 is 2.00 bits per heavy atom. The summed E-state index contributed by atoms with van der Waals surface area (Å²) in [4.78, 5) is 7.25. The lowest BCUT2D eigenvalue weighted by atomic mass is 10.1. The van der Waals surface area contributed by atoms with E-state index in [9.17, 15) is 0 Å². The first-order chi connectivity index (χ1) is 11.2. The highest BCUT2D eigenvalue weighted by Gasteiger charge is 2.03. The number of guanidine groups is 1. The van der Waals surface area contributed by atoms with Gasteiger partial charge in [-0.3, -0.25) is 0 Å². The standard InChI is InChI=1S/C18H25N3OS/c1-4-19-18(21-13-16-10-9-14(2)23-16)20-12-11-15-7-5-6-8-17(15)22-3/h5-10H,4,11-13H2,1-3H3,(H2,19,20,21). The molecule has 0 saturated carbocycles. The van der Waals surface area contributed by atoms with Gasteiger partial charge in [-0.05, 0) is 44.0 Å². The first-order valence-corrected chi connectivity index (χ1v) is 8.74. The predicted molar refractivity (Wildman–Crippen MR) is 98.6 cm³/mol. The third kappa shape index (κ3) is 5.60. The van der Waals surface area contributed by atoms with Crippen molar-refractivity contribution in [3.05, 3.63) is 51.7 Å². The largest absolute Gasteiger partial charge is 0.496 e. The summed E-state index contributed by atoms with van der Waals surface area (Å²) in [5.74, 6) is 1.79. The zero-order chi connectivity index (χ0) is 16.5. The van der Waals surface area contributed by atoms with Crippen LogP contribution in [0.3, 0.4) is 0 Å². The van der Waals surface area contributed by atoms with Gasteiger partial charge in [0.2, 0.25) is 0 Å². The van der Waals surface area contributed by atoms with Crippen LogP contribution in [-0.2, 0) is 13.0 Å². The lowest BCUT2D eigenvalue weighted by Crippen LogP contribution is -2.38. The summed E-state index contributed by atoms with van der Waals surface area (Å²) >= 11 is 1.79. The highest BCUT2D eigenvalue weighted by atomic mass is 32.1. The van der Waals surface area contributed by atoms with E-state index in [2.05, 4.69) is 47.7 Å². The molecule has 1 heterocycles. The van der Waals surface area contributed by atoms with E-state index in [0.29, 0.717) is 6.54 Å². The minimum atomic E-state index is 0.711. The zero-order valence-corrected chi connectivity index (χ0v) is 14.9. The number of hydrogen-bond donors (Lipinski definition) is 2. The SMILES string of the molecule is CCNC(=NCc1ccc(C)s1)NCCc1ccccc1OC. The maximum Gasteiger partial charge on any atom is 0.191 e. The van der Waals surface area contributed by atoms with E-state index in [-0.39, 0.29) is 0 Å². The average molecular weight is 331 g/mol. The number of nitrogens with zero attached hydrogens (tertiary/aromatic N) is 1. The number of aliphatic imine (C=N–C) groups is 1. The third-order valence-electron chi connectivity index (χ3n) is 3.41. The van der Waals surface area contributed by atoms with E-state index in [1.807, 2.05) is 18.2 Å². The zero-order valence-electron chi connectivity index (χ0n) is 14.1. The van der Waals surface area contributed by atoms with Gasteiger partial charge in [-0.25, -0.2) is 4.99 Å². The quantitative estimate of drug-likeness (QED) is 0.604. The minimum absolute atomic E-state index is 0.711. The van der Waals surface area contributed by atoms with Crippen LogP contribution in [0.1, 0.15) is 22.2 Å². The van der Waals surface area contributed by atoms with E-state index >= 15 is 0 Å². The number of hydrogen-bond acceptors (Lipinski definition) is 3. The van der Waals surface area contributed by atoms with Crippen molar-refractivity contribution in [3.63, 3.8) is 0 Å². The maximum absolute atomic E-state index is 5.39. The molecular weight excluding hydrogens is 306 g/mol. The van der Waals surface area contributed by atoms with E-state index < -0.39 is 0 Å². The van der Waals surface area contributed by atoms with E-state index in [4.69, 9.17) is 4.74 Å². The fourth-order valence-corrected chi connectivity index (χ4v) is 3.11. The Hall–Kier alpha value is -2.01. The Morgan fingerprint density at radius 3 is 2.70 bits per heavy atom. The maximum atomic E-state index is 5.39. The van der Waals surface area contributed by atoms with Crippen LogP contribution in [-0.4, -0.2) is 26.2 Å². The summed E-state index contributed by atoms with van der Waals surface area (Å²) in [5.41, 5.74) is 1.20. The molecule has 0 aliphatic carbocycles. The fourth-order valence-electron chi connectivity index (χ4n) is 2.29. The summed E-state index contributed by atoms with van der Waals surface area (Å²) in [6.07, 6.45) is 0.895. The normalized spacial score (nSPS) is 11.3. The van der Waals surface area contributed by atoms with Crippen molar-refractivity contribution in [2.75, 3.05) is 20.2 Å². The summed E-state index contributed by atoms with van der Waals surface area (Å²) in [6, 6.07) is 12.4. The summed E-state index contributed by atoms with van der Waals surface area (Å²) in [6.45, 7) is 6.57. The van der Waals surface area contributed by atoms with Crippen LogP contribution in [0, 0.1) is 6.92 Å². The van der Waals surface area contributed by atoms with Gasteiger partial charge in [-0.2, -0.15) is 0 Å². The van der Waals surface area contributed by atoms with Gasteiger partial charge in [0.25, 0.3) is 0 Å². The van der Waals surface area contributed by atoms with Crippen molar-refractivity contribution >= 4 is 17.3 Å². The van der Waals surface area contributed by atoms with Crippen LogP contribution in [0.5, 0.6) is 5.75 Å². The molecule has 0 bridgehead atoms. The molecule has 1 aromatic carbocycles. The number of rotatable bonds is 7. The Morgan fingerprint density at radius 1 is 1.17 bits per heavy atom. The second-order valence-electron chi connectivity index (χ2n) is 5.20. The van der Waals surface area contributed by atoms with E-state index in [0.717, 1.165) is 31.2 Å². The second-order valence-corrected chi connectivity index (χ2v) is 6.57. The van der Waals surface area contributed by atoms with Crippen molar-refractivity contribution in [1.82, 2.24) is 10.6 Å². The van der Waals surface area contributed by atoms with E-state index in [1.54, 1.807) is 18.4 Å². The number of ether oxygens (including phenoxy) is 1. The molecular formula is C18H25N3OS. The summed E-state index contributed by atoms with van der Waals surface area (Å²) < 4.78 is 5.39. The van der Waals surface area contributed by atoms with Gasteiger partial charge in [0.15, 0.2) is 5.96 Å². The molecule has 0 spiro atoms. The number of nitrogens with one attached hydrogen (secondary N) is 2. The number of aryl methyl sites for hydroxylation is 1. The first-order valence-electron chi connectivity index (χ1n) is 7.92. The topological polar surface area (TPSA) is 45.7 Å². The lowest BCUT2D eigenvalue weighted by Gasteiger charge is -2.12. The fraction of sp³-hybridized carbons (Fsp3) is 0.389. The molecule has 1 aromatic heterocycles. The second kappa shape index (κ2) is 9.20. The first kappa shape index (κ1) is 17.3. The molecule has 0 atom stereocenters. The van der Waals surface area contributed by atoms with Crippen LogP contribution in [0.25, 0.3) is 0 Å². The highest BCUT2D eigenvalue weighted by Crippen LogP contribution is 2.17. The van der Waals surface area contributed by atoms with Gasteiger partial charge >= 0.3 is 0 Å². The van der Waals surface area contributed by atoms with Crippen molar-refractivity contribution in [1.29, 1.82) is 0 Å². The molecule has 4 nitrogen and oxygen atoms in total. The van der Waals surface area contributed by atoms with Crippen LogP contribution >= 0.6 is 11.3 Å². The number of methoxy groups -OCH3 is 1. The van der Waals surface area contributed by atoms with Crippen molar-refractivity contribution in [3.8, 4) is 5.75 Å². The molecule has 2 aromatic rings. The van der Waals surface area contributed by atoms with Crippen LogP contribution < -0.4 is 15.4 Å². The molecule has 0 aliphatic rings. The van der Waals surface area contributed by atoms with Crippen LogP contribution in [0.4, 0.5) is 0 Å². The average Bonchev–Trinajstić information content (AvgIpc) is 2.98. The van der Waals surface area contributed by atoms with Gasteiger partial charge in [-0.1, -0.05) is 18.2 Å². The van der Waals surface area contributed by atoms with Crippen molar-refractivity contribution in [2.45, 2.75) is 26.8 Å². The van der Waals surface area contributed by atoms with Gasteiger partial charge in [0.1, 0.15) is 5.75 Å². The summed E-state index contributed by atoms with van der Waals surface area (Å²) in [5, 5.41) is 6.67.